The van der Waals surface area contributed by atoms with Crippen LogP contribution in [0.15, 0.2) is 0 Å². The standard InChI is InChI=1S/C10H18O4.2C4H7O2.2Rf/c1-11-7-9(8-12-2)14-10-5-3-4-6-13-10;2*1-5-2-4-3-6-4;;/h9-10H,1-8H2;2*4H,1-3H2;;/q-2;2*-1;;. The van der Waals surface area contributed by atoms with Crippen LogP contribution < -0.4 is 0 Å². The first-order valence-electron chi connectivity index (χ1n) is 8.71. The van der Waals surface area contributed by atoms with Crippen LogP contribution in [0, 0.1) is 28.4 Å². The van der Waals surface area contributed by atoms with Crippen LogP contribution in [0.3, 0.4) is 0 Å². The summed E-state index contributed by atoms with van der Waals surface area (Å²) in [5.74, 6) is 0. The van der Waals surface area contributed by atoms with E-state index >= 15 is 0 Å². The van der Waals surface area contributed by atoms with Crippen LogP contribution in [0.5, 0.6) is 0 Å². The van der Waals surface area contributed by atoms with Crippen molar-refractivity contribution in [2.24, 2.45) is 0 Å². The van der Waals surface area contributed by atoms with E-state index in [1.54, 1.807) is 0 Å². The van der Waals surface area contributed by atoms with Gasteiger partial charge in [0.1, 0.15) is 18.3 Å². The quantitative estimate of drug-likeness (QED) is 0.244. The van der Waals surface area contributed by atoms with E-state index in [0.717, 1.165) is 39.1 Å². The molecule has 160 valence electrons. The number of ether oxygens (including phenoxy) is 8. The Hall–Kier alpha value is -2.32. The number of epoxide rings is 2. The molecule has 0 N–H and O–H groups in total. The second kappa shape index (κ2) is 18.1. The Morgan fingerprint density at radius 3 is 1.54 bits per heavy atom. The molecule has 8 nitrogen and oxygen atoms in total. The Morgan fingerprint density at radius 2 is 1.25 bits per heavy atom. The molecule has 3 atom stereocenters. The van der Waals surface area contributed by atoms with Gasteiger partial charge in [-0.15, -0.1) is 0 Å². The second-order valence-electron chi connectivity index (χ2n) is 5.95. The third kappa shape index (κ3) is 15.9. The molecule has 0 aromatic rings. The van der Waals surface area contributed by atoms with Crippen LogP contribution in [-0.4, -0.2) is 70.9 Å². The van der Waals surface area contributed by atoms with Crippen LogP contribution in [0.25, 0.3) is 0 Å². The smallest absolute Gasteiger partial charge is 0.158 e. The van der Waals surface area contributed by atoms with Crippen LogP contribution >= 0.6 is 0 Å². The third-order valence-corrected chi connectivity index (χ3v) is 3.50. The molecular weight excluding hydrogens is 878 g/mol. The van der Waals surface area contributed by atoms with Crippen molar-refractivity contribution in [1.29, 1.82) is 0 Å². The Kier molecular flexibility index (Phi) is 18.0. The topological polar surface area (TPSA) is 80.4 Å². The minimum atomic E-state index is -0.145. The maximum Gasteiger partial charge on any atom is 0.158 e. The molecule has 3 aliphatic heterocycles. The van der Waals surface area contributed by atoms with E-state index in [1.807, 2.05) is 0 Å². The molecule has 3 fully saturated rings. The Balaban J connectivity index is 0. The molecule has 3 unspecified atom stereocenters. The average molecular weight is 910 g/mol. The molecule has 0 amide bonds. The monoisotopic (exact) mass is 910 g/mol. The van der Waals surface area contributed by atoms with Gasteiger partial charge >= 0.3 is 0 Å². The van der Waals surface area contributed by atoms with Crippen LogP contribution in [-0.2, 0) is 37.9 Å². The summed E-state index contributed by atoms with van der Waals surface area (Å²) < 4.78 is 39.1. The Bertz CT molecular complexity index is 294. The fraction of sp³-hybridized carbons (Fsp3) is 0.778. The zero-order valence-corrected chi connectivity index (χ0v) is 29.7. The van der Waals surface area contributed by atoms with Gasteiger partial charge in [-0.1, -0.05) is 0 Å². The molecule has 0 aromatic carbocycles. The average Bonchev–Trinajstić information content (AvgIpc) is 3.55. The van der Waals surface area contributed by atoms with Crippen molar-refractivity contribution in [1.82, 2.24) is 0 Å². The SMILES string of the molecule is [CH2-]OCC(CO[CH2-])OC1CCCCO1.[CH2-]OCC1CO1.[CH2-]OCC1CO1.[Rf].[Rf]. The predicted octanol–water partition coefficient (Wildman–Crippen LogP) is 1.90. The molecule has 3 heterocycles. The minimum Gasteiger partial charge on any atom is -0.553 e. The van der Waals surface area contributed by atoms with Crippen LogP contribution in [0.1, 0.15) is 19.3 Å². The molecule has 28 heavy (non-hydrogen) atoms. The minimum absolute atomic E-state index is 0. The summed E-state index contributed by atoms with van der Waals surface area (Å²) in [6, 6.07) is 0. The van der Waals surface area contributed by atoms with Crippen LogP contribution in [0.4, 0.5) is 0 Å². The van der Waals surface area contributed by atoms with Crippen molar-refractivity contribution in [3.63, 3.8) is 0 Å². The van der Waals surface area contributed by atoms with E-state index in [-0.39, 0.29) is 12.4 Å². The summed E-state index contributed by atoms with van der Waals surface area (Å²) >= 11 is 0. The number of hydrogen-bond donors (Lipinski definition) is 0. The molecule has 3 aliphatic rings. The molecule has 0 saturated carbocycles. The number of rotatable bonds is 10. The van der Waals surface area contributed by atoms with E-state index in [4.69, 9.17) is 28.4 Å². The van der Waals surface area contributed by atoms with Crippen LogP contribution in [0.2, 0.25) is 0 Å². The molecule has 0 radical (unpaired) electrons. The van der Waals surface area contributed by atoms with Gasteiger partial charge in [-0.25, -0.2) is 28.4 Å². The van der Waals surface area contributed by atoms with E-state index in [2.05, 4.69) is 37.9 Å². The first-order valence-corrected chi connectivity index (χ1v) is 8.71. The maximum absolute atomic E-state index is 5.62. The predicted molar refractivity (Wildman–Crippen MR) is 93.2 cm³/mol. The number of hydrogen-bond acceptors (Lipinski definition) is 8. The van der Waals surface area contributed by atoms with E-state index in [9.17, 15) is 0 Å². The van der Waals surface area contributed by atoms with E-state index in [0.29, 0.717) is 38.6 Å². The summed E-state index contributed by atoms with van der Waals surface area (Å²) in [5.41, 5.74) is 0. The second-order valence-corrected chi connectivity index (χ2v) is 5.95. The fourth-order valence-electron chi connectivity index (χ4n) is 2.01. The molecule has 0 aromatic heterocycles. The van der Waals surface area contributed by atoms with Gasteiger partial charge in [0.15, 0.2) is 6.29 Å². The largest absolute Gasteiger partial charge is 0.553 e. The van der Waals surface area contributed by atoms with E-state index in [1.165, 1.54) is 0 Å². The van der Waals surface area contributed by atoms with Crippen molar-refractivity contribution in [3.05, 3.63) is 28.4 Å². The first-order chi connectivity index (χ1) is 12.7. The van der Waals surface area contributed by atoms with Gasteiger partial charge in [0, 0.05) is 33.0 Å². The summed E-state index contributed by atoms with van der Waals surface area (Å²) in [4.78, 5) is 0. The van der Waals surface area contributed by atoms with Crippen molar-refractivity contribution < 1.29 is 37.9 Å². The van der Waals surface area contributed by atoms with Crippen molar-refractivity contribution in [2.75, 3.05) is 46.2 Å². The van der Waals surface area contributed by atoms with Crippen molar-refractivity contribution >= 4 is 0 Å². The van der Waals surface area contributed by atoms with Gasteiger partial charge in [-0.05, 0) is 19.3 Å². The van der Waals surface area contributed by atoms with Crippen molar-refractivity contribution in [2.45, 2.75) is 43.9 Å². The molecule has 3 rings (SSSR count). The molecule has 0 aliphatic carbocycles. The Morgan fingerprint density at radius 1 is 0.750 bits per heavy atom. The third-order valence-electron chi connectivity index (χ3n) is 3.50. The Labute approximate surface area is 157 Å². The molecule has 0 bridgehead atoms. The summed E-state index contributed by atoms with van der Waals surface area (Å²) in [6.45, 7) is 4.59. The fourth-order valence-corrected chi connectivity index (χ4v) is 2.01. The summed E-state index contributed by atoms with van der Waals surface area (Å²) in [7, 11) is 13.0. The van der Waals surface area contributed by atoms with Gasteiger partial charge in [-0.2, -0.15) is 0 Å². The van der Waals surface area contributed by atoms with Gasteiger partial charge in [0.2, 0.25) is 0 Å². The molecule has 3 saturated heterocycles. The zero-order valence-electron chi connectivity index (χ0n) is 16.9. The van der Waals surface area contributed by atoms with Crippen molar-refractivity contribution in [3.8, 4) is 0 Å². The molecular formula is C18H32O8Rf2-4. The van der Waals surface area contributed by atoms with Gasteiger partial charge in [0.05, 0.1) is 13.2 Å². The maximum atomic E-state index is 5.62. The zero-order chi connectivity index (χ0) is 19.0. The summed E-state index contributed by atoms with van der Waals surface area (Å²) in [5, 5.41) is 0. The molecule has 10 heteroatoms. The summed E-state index contributed by atoms with van der Waals surface area (Å²) in [6.07, 6.45) is 3.65. The molecule has 0 spiro atoms. The van der Waals surface area contributed by atoms with Gasteiger partial charge in [-0.3, -0.25) is 0 Å². The van der Waals surface area contributed by atoms with E-state index < -0.39 is 0 Å². The van der Waals surface area contributed by atoms with Gasteiger partial charge < -0.3 is 37.9 Å². The normalized spacial score (nSPS) is 24.5. The van der Waals surface area contributed by atoms with Gasteiger partial charge in [0.25, 0.3) is 0 Å². The first kappa shape index (κ1) is 27.9.